The van der Waals surface area contributed by atoms with Gasteiger partial charge in [-0.1, -0.05) is 13.8 Å². The number of aliphatic hydroxyl groups is 1. The summed E-state index contributed by atoms with van der Waals surface area (Å²) in [7, 11) is 0. The summed E-state index contributed by atoms with van der Waals surface area (Å²) in [4.78, 5) is 48.1. The van der Waals surface area contributed by atoms with Crippen LogP contribution in [0, 0.1) is 5.92 Å². The van der Waals surface area contributed by atoms with E-state index in [0.717, 1.165) is 0 Å². The Morgan fingerprint density at radius 2 is 1.52 bits per heavy atom. The van der Waals surface area contributed by atoms with Gasteiger partial charge in [-0.25, -0.2) is 4.79 Å². The van der Waals surface area contributed by atoms with E-state index in [0.29, 0.717) is 12.2 Å². The minimum absolute atomic E-state index is 0.118. The largest absolute Gasteiger partial charge is 0.480 e. The van der Waals surface area contributed by atoms with Gasteiger partial charge in [-0.3, -0.25) is 14.4 Å². The van der Waals surface area contributed by atoms with E-state index in [2.05, 4.69) is 28.6 Å². The van der Waals surface area contributed by atoms with Gasteiger partial charge in [-0.05, 0) is 30.8 Å². The molecule has 168 valence electrons. The number of aliphatic hydroxyl groups excluding tert-OH is 1. The average molecular weight is 453 g/mol. The third-order valence-electron chi connectivity index (χ3n) is 3.92. The molecule has 29 heavy (non-hydrogen) atoms. The molecule has 4 unspecified atom stereocenters. The van der Waals surface area contributed by atoms with Crippen molar-refractivity contribution in [1.29, 1.82) is 0 Å². The molecule has 3 amide bonds. The maximum Gasteiger partial charge on any atom is 0.327 e. The molecule has 0 rings (SSSR count). The monoisotopic (exact) mass is 452 g/mol. The number of aliphatic carboxylic acids is 1. The van der Waals surface area contributed by atoms with Crippen molar-refractivity contribution in [3.05, 3.63) is 0 Å². The highest BCUT2D eigenvalue weighted by Crippen LogP contribution is 2.05. The number of hydrogen-bond acceptors (Lipinski definition) is 8. The number of carboxylic acid groups (broad SMARTS) is 1. The summed E-state index contributed by atoms with van der Waals surface area (Å²) in [6, 6.07) is -4.36. The van der Waals surface area contributed by atoms with E-state index in [4.69, 9.17) is 10.8 Å². The van der Waals surface area contributed by atoms with Gasteiger partial charge in [0.25, 0.3) is 0 Å². The molecule has 0 spiro atoms. The van der Waals surface area contributed by atoms with Crippen molar-refractivity contribution >= 4 is 48.1 Å². The summed E-state index contributed by atoms with van der Waals surface area (Å²) < 4.78 is 0. The Hall–Kier alpha value is -1.50. The van der Waals surface area contributed by atoms with Crippen LogP contribution >= 0.6 is 24.4 Å². The number of carbonyl (C=O) groups is 4. The predicted octanol–water partition coefficient (Wildman–Crippen LogP) is -1.43. The van der Waals surface area contributed by atoms with Crippen LogP contribution < -0.4 is 21.7 Å². The zero-order valence-electron chi connectivity index (χ0n) is 16.9. The van der Waals surface area contributed by atoms with Crippen LogP contribution in [0.1, 0.15) is 26.7 Å². The Morgan fingerprint density at radius 1 is 1.00 bits per heavy atom. The molecule has 0 aliphatic rings. The van der Waals surface area contributed by atoms with Crippen molar-refractivity contribution in [3.8, 4) is 0 Å². The molecule has 0 bridgehead atoms. The lowest BCUT2D eigenvalue weighted by molar-refractivity contribution is -0.141. The number of thioether (sulfide) groups is 1. The third-order valence-corrected chi connectivity index (χ3v) is 4.93. The summed E-state index contributed by atoms with van der Waals surface area (Å²) >= 11 is 5.33. The second-order valence-electron chi connectivity index (χ2n) is 6.90. The van der Waals surface area contributed by atoms with Gasteiger partial charge in [-0.2, -0.15) is 24.4 Å². The SMILES string of the molecule is CSCCC(NC(=O)C(CO)NC(=O)C(N)CC(C)C)C(=O)NC(CS)C(=O)O. The fraction of sp³-hybridized carbons (Fsp3) is 0.765. The number of nitrogens with one attached hydrogen (secondary N) is 3. The zero-order valence-corrected chi connectivity index (χ0v) is 18.6. The van der Waals surface area contributed by atoms with Crippen LogP contribution in [0.5, 0.6) is 0 Å². The zero-order chi connectivity index (χ0) is 22.6. The first-order valence-corrected chi connectivity index (χ1v) is 11.2. The molecule has 0 saturated carbocycles. The normalized spacial score (nSPS) is 15.1. The van der Waals surface area contributed by atoms with Crippen LogP contribution in [-0.4, -0.2) is 82.4 Å². The fourth-order valence-electron chi connectivity index (χ4n) is 2.32. The van der Waals surface area contributed by atoms with E-state index >= 15 is 0 Å². The molecule has 0 radical (unpaired) electrons. The lowest BCUT2D eigenvalue weighted by Crippen LogP contribution is -2.58. The van der Waals surface area contributed by atoms with Crippen molar-refractivity contribution < 1.29 is 29.4 Å². The van der Waals surface area contributed by atoms with Crippen molar-refractivity contribution in [2.45, 2.75) is 50.9 Å². The highest BCUT2D eigenvalue weighted by Gasteiger charge is 2.29. The molecular weight excluding hydrogens is 420 g/mol. The second-order valence-corrected chi connectivity index (χ2v) is 8.26. The second kappa shape index (κ2) is 14.5. The summed E-state index contributed by atoms with van der Waals surface area (Å²) in [6.07, 6.45) is 2.46. The van der Waals surface area contributed by atoms with Crippen LogP contribution in [-0.2, 0) is 19.2 Å². The van der Waals surface area contributed by atoms with Gasteiger partial charge in [0, 0.05) is 5.75 Å². The first kappa shape index (κ1) is 27.5. The number of hydrogen-bond donors (Lipinski definition) is 7. The number of rotatable bonds is 14. The van der Waals surface area contributed by atoms with Gasteiger partial charge in [-0.15, -0.1) is 0 Å². The topological polar surface area (TPSA) is 171 Å². The Morgan fingerprint density at radius 3 is 1.97 bits per heavy atom. The number of thiol groups is 1. The molecular formula is C17H32N4O6S2. The molecule has 4 atom stereocenters. The molecule has 0 fully saturated rings. The summed E-state index contributed by atoms with van der Waals surface area (Å²) in [5.74, 6) is -2.71. The summed E-state index contributed by atoms with van der Waals surface area (Å²) in [5.41, 5.74) is 5.78. The van der Waals surface area contributed by atoms with Crippen molar-refractivity contribution in [3.63, 3.8) is 0 Å². The van der Waals surface area contributed by atoms with Crippen molar-refractivity contribution in [2.75, 3.05) is 24.4 Å². The Kier molecular flexibility index (Phi) is 13.7. The van der Waals surface area contributed by atoms with Crippen LogP contribution in [0.2, 0.25) is 0 Å². The van der Waals surface area contributed by atoms with Crippen molar-refractivity contribution in [2.24, 2.45) is 11.7 Å². The quantitative estimate of drug-likeness (QED) is 0.157. The number of carboxylic acids is 1. The van der Waals surface area contributed by atoms with E-state index in [1.165, 1.54) is 11.8 Å². The van der Waals surface area contributed by atoms with Crippen LogP contribution in [0.3, 0.4) is 0 Å². The first-order chi connectivity index (χ1) is 13.6. The van der Waals surface area contributed by atoms with Crippen LogP contribution in [0.15, 0.2) is 0 Å². The van der Waals surface area contributed by atoms with Crippen molar-refractivity contribution in [1.82, 2.24) is 16.0 Å². The fourth-order valence-corrected chi connectivity index (χ4v) is 3.04. The molecule has 0 aromatic rings. The summed E-state index contributed by atoms with van der Waals surface area (Å²) in [5, 5.41) is 25.7. The predicted molar refractivity (Wildman–Crippen MR) is 115 cm³/mol. The maximum atomic E-state index is 12.5. The number of amides is 3. The Labute approximate surface area is 180 Å². The number of nitrogens with two attached hydrogens (primary N) is 1. The van der Waals surface area contributed by atoms with E-state index < -0.39 is 54.5 Å². The third kappa shape index (κ3) is 10.7. The van der Waals surface area contributed by atoms with E-state index in [1.807, 2.05) is 20.1 Å². The van der Waals surface area contributed by atoms with E-state index in [1.54, 1.807) is 0 Å². The smallest absolute Gasteiger partial charge is 0.327 e. The van der Waals surface area contributed by atoms with E-state index in [-0.39, 0.29) is 18.1 Å². The van der Waals surface area contributed by atoms with Crippen LogP contribution in [0.25, 0.3) is 0 Å². The van der Waals surface area contributed by atoms with Gasteiger partial charge in [0.05, 0.1) is 12.6 Å². The minimum Gasteiger partial charge on any atom is -0.480 e. The lowest BCUT2D eigenvalue weighted by atomic mass is 10.0. The first-order valence-electron chi connectivity index (χ1n) is 9.17. The van der Waals surface area contributed by atoms with Gasteiger partial charge < -0.3 is 31.9 Å². The molecule has 0 aliphatic heterocycles. The number of carbonyl (C=O) groups excluding carboxylic acids is 3. The summed E-state index contributed by atoms with van der Waals surface area (Å²) in [6.45, 7) is 3.11. The van der Waals surface area contributed by atoms with Gasteiger partial charge >= 0.3 is 5.97 Å². The van der Waals surface area contributed by atoms with Crippen LogP contribution in [0.4, 0.5) is 0 Å². The molecule has 0 aromatic carbocycles. The van der Waals surface area contributed by atoms with Gasteiger partial charge in [0.1, 0.15) is 18.1 Å². The molecule has 0 aromatic heterocycles. The standard InChI is InChI=1S/C17H32N4O6S2/c1-9(2)6-10(18)14(23)20-12(7-22)16(25)19-11(4-5-29-3)15(24)21-13(8-28)17(26)27/h9-13,22,28H,4-8,18H2,1-3H3,(H,19,25)(H,20,23)(H,21,24)(H,26,27). The molecule has 10 nitrogen and oxygen atoms in total. The molecule has 12 heteroatoms. The maximum absolute atomic E-state index is 12.5. The molecule has 0 heterocycles. The van der Waals surface area contributed by atoms with E-state index in [9.17, 15) is 24.3 Å². The highest BCUT2D eigenvalue weighted by molar-refractivity contribution is 7.98. The highest BCUT2D eigenvalue weighted by atomic mass is 32.2. The Bertz CT molecular complexity index is 564. The lowest BCUT2D eigenvalue weighted by Gasteiger charge is -2.24. The Balaban J connectivity index is 5.09. The average Bonchev–Trinajstić information content (AvgIpc) is 2.65. The minimum atomic E-state index is -1.29. The van der Waals surface area contributed by atoms with Gasteiger partial charge in [0.15, 0.2) is 0 Å². The molecule has 7 N–H and O–H groups in total. The molecule has 0 saturated heterocycles. The molecule has 0 aliphatic carbocycles. The van der Waals surface area contributed by atoms with Gasteiger partial charge in [0.2, 0.25) is 17.7 Å².